The van der Waals surface area contributed by atoms with Gasteiger partial charge in [-0.25, -0.2) is 5.48 Å². The van der Waals surface area contributed by atoms with Crippen molar-refractivity contribution in [3.8, 4) is 0 Å². The minimum atomic E-state index is -0.387. The van der Waals surface area contributed by atoms with Crippen LogP contribution < -0.4 is 10.8 Å². The number of aryl methyl sites for hydroxylation is 1. The highest BCUT2D eigenvalue weighted by molar-refractivity contribution is 5.97. The van der Waals surface area contributed by atoms with Crippen molar-refractivity contribution in [3.63, 3.8) is 0 Å². The molecule has 0 radical (unpaired) electrons. The summed E-state index contributed by atoms with van der Waals surface area (Å²) in [7, 11) is 0. The average molecular weight is 367 g/mol. The fourth-order valence-electron chi connectivity index (χ4n) is 6.88. The first-order chi connectivity index (χ1) is 13.1. The second kappa shape index (κ2) is 6.75. The molecule has 1 aromatic rings. The van der Waals surface area contributed by atoms with Gasteiger partial charge in [-0.05, 0) is 97.3 Å². The van der Waals surface area contributed by atoms with E-state index < -0.39 is 0 Å². The summed E-state index contributed by atoms with van der Waals surface area (Å²) in [5, 5.41) is 12.6. The summed E-state index contributed by atoms with van der Waals surface area (Å²) in [6.45, 7) is 2.11. The Morgan fingerprint density at radius 3 is 2.44 bits per heavy atom. The third kappa shape index (κ3) is 3.34. The predicted octanol–water partition coefficient (Wildman–Crippen LogP) is 3.83. The van der Waals surface area contributed by atoms with Gasteiger partial charge in [0.2, 0.25) is 0 Å². The van der Waals surface area contributed by atoms with Crippen molar-refractivity contribution in [3.05, 3.63) is 40.5 Å². The number of rotatable bonds is 5. The van der Waals surface area contributed by atoms with Crippen LogP contribution in [0.25, 0.3) is 6.08 Å². The van der Waals surface area contributed by atoms with Crippen LogP contribution >= 0.6 is 0 Å². The molecule has 6 rings (SSSR count). The van der Waals surface area contributed by atoms with Crippen molar-refractivity contribution < 1.29 is 10.0 Å². The van der Waals surface area contributed by atoms with E-state index in [2.05, 4.69) is 23.5 Å². The fourth-order valence-corrected chi connectivity index (χ4v) is 6.88. The first-order valence-electron chi connectivity index (χ1n) is 10.6. The van der Waals surface area contributed by atoms with Gasteiger partial charge in [-0.15, -0.1) is 0 Å². The number of benzene rings is 1. The van der Waals surface area contributed by atoms with Gasteiger partial charge in [-0.1, -0.05) is 18.2 Å². The first kappa shape index (κ1) is 17.4. The Morgan fingerprint density at radius 1 is 1.07 bits per heavy atom. The van der Waals surface area contributed by atoms with Gasteiger partial charge < -0.3 is 5.32 Å². The van der Waals surface area contributed by atoms with E-state index in [0.29, 0.717) is 17.4 Å². The minimum absolute atomic E-state index is 0.387. The summed E-state index contributed by atoms with van der Waals surface area (Å²) < 4.78 is 0. The SMILES string of the molecule is O=C(NO)C1=Cc2ccc(CNCC34CC5CC(CC(C5)C3)C4)cc2CC1. The predicted molar refractivity (Wildman–Crippen MR) is 105 cm³/mol. The van der Waals surface area contributed by atoms with Crippen LogP contribution in [0.2, 0.25) is 0 Å². The minimum Gasteiger partial charge on any atom is -0.312 e. The third-order valence-electron chi connectivity index (χ3n) is 7.59. The number of hydrogen-bond acceptors (Lipinski definition) is 3. The van der Waals surface area contributed by atoms with Crippen LogP contribution in [0.15, 0.2) is 23.8 Å². The van der Waals surface area contributed by atoms with Gasteiger partial charge in [-0.3, -0.25) is 10.0 Å². The molecule has 4 fully saturated rings. The number of hydrogen-bond donors (Lipinski definition) is 3. The van der Waals surface area contributed by atoms with E-state index in [-0.39, 0.29) is 5.91 Å². The second-order valence-corrected chi connectivity index (χ2v) is 9.66. The lowest BCUT2D eigenvalue weighted by Gasteiger charge is -2.57. The van der Waals surface area contributed by atoms with Crippen LogP contribution in [0.4, 0.5) is 0 Å². The Hall–Kier alpha value is -1.65. The summed E-state index contributed by atoms with van der Waals surface area (Å²) in [5.74, 6) is 2.65. The van der Waals surface area contributed by atoms with Gasteiger partial charge in [0.15, 0.2) is 0 Å². The molecule has 0 unspecified atom stereocenters. The molecule has 4 nitrogen and oxygen atoms in total. The number of nitrogens with one attached hydrogen (secondary N) is 2. The summed E-state index contributed by atoms with van der Waals surface area (Å²) >= 11 is 0. The van der Waals surface area contributed by atoms with Gasteiger partial charge >= 0.3 is 0 Å². The molecular formula is C23H30N2O2. The summed E-state index contributed by atoms with van der Waals surface area (Å²) in [6.07, 6.45) is 12.3. The zero-order valence-corrected chi connectivity index (χ0v) is 16.0. The van der Waals surface area contributed by atoms with Crippen LogP contribution in [-0.4, -0.2) is 17.7 Å². The van der Waals surface area contributed by atoms with E-state index in [9.17, 15) is 4.79 Å². The number of fused-ring (bicyclic) bond motifs is 1. The molecular weight excluding hydrogens is 336 g/mol. The Balaban J connectivity index is 1.22. The maximum atomic E-state index is 11.6. The molecule has 144 valence electrons. The van der Waals surface area contributed by atoms with Gasteiger partial charge in [0, 0.05) is 18.7 Å². The number of amides is 1. The molecule has 27 heavy (non-hydrogen) atoms. The van der Waals surface area contributed by atoms with Crippen LogP contribution in [0.3, 0.4) is 0 Å². The van der Waals surface area contributed by atoms with E-state index in [1.165, 1.54) is 56.2 Å². The highest BCUT2D eigenvalue weighted by Crippen LogP contribution is 2.59. The maximum Gasteiger partial charge on any atom is 0.270 e. The summed E-state index contributed by atoms with van der Waals surface area (Å²) in [6, 6.07) is 6.56. The number of hydroxylamine groups is 1. The monoisotopic (exact) mass is 366 g/mol. The molecule has 0 atom stereocenters. The topological polar surface area (TPSA) is 61.4 Å². The van der Waals surface area contributed by atoms with Crippen LogP contribution in [0.5, 0.6) is 0 Å². The summed E-state index contributed by atoms with van der Waals surface area (Å²) in [5.41, 5.74) is 6.71. The van der Waals surface area contributed by atoms with Crippen LogP contribution in [-0.2, 0) is 17.8 Å². The van der Waals surface area contributed by atoms with Gasteiger partial charge in [0.1, 0.15) is 0 Å². The third-order valence-corrected chi connectivity index (χ3v) is 7.59. The van der Waals surface area contributed by atoms with E-state index in [0.717, 1.165) is 36.3 Å². The quantitative estimate of drug-likeness (QED) is 0.548. The normalized spacial score (nSPS) is 33.5. The van der Waals surface area contributed by atoms with E-state index >= 15 is 0 Å². The molecule has 1 aromatic carbocycles. The fraction of sp³-hybridized carbons (Fsp3) is 0.609. The Kier molecular flexibility index (Phi) is 4.36. The Labute approximate surface area is 161 Å². The molecule has 3 N–H and O–H groups in total. The van der Waals surface area contributed by atoms with Crippen molar-refractivity contribution in [1.82, 2.24) is 10.8 Å². The molecule has 5 aliphatic carbocycles. The van der Waals surface area contributed by atoms with Crippen molar-refractivity contribution in [1.29, 1.82) is 0 Å². The lowest BCUT2D eigenvalue weighted by molar-refractivity contribution is -0.125. The maximum absolute atomic E-state index is 11.6. The summed E-state index contributed by atoms with van der Waals surface area (Å²) in [4.78, 5) is 11.6. The largest absolute Gasteiger partial charge is 0.312 e. The van der Waals surface area contributed by atoms with Crippen LogP contribution in [0.1, 0.15) is 61.6 Å². The van der Waals surface area contributed by atoms with Crippen LogP contribution in [0, 0.1) is 23.2 Å². The first-order valence-corrected chi connectivity index (χ1v) is 10.6. The van der Waals surface area contributed by atoms with Gasteiger partial charge in [0.25, 0.3) is 5.91 Å². The lowest BCUT2D eigenvalue weighted by Crippen LogP contribution is -2.50. The Morgan fingerprint density at radius 2 is 1.78 bits per heavy atom. The average Bonchev–Trinajstić information content (AvgIpc) is 2.65. The van der Waals surface area contributed by atoms with Gasteiger partial charge in [-0.2, -0.15) is 0 Å². The Bertz CT molecular complexity index is 747. The number of carbonyl (C=O) groups is 1. The van der Waals surface area contributed by atoms with Gasteiger partial charge in [0.05, 0.1) is 0 Å². The zero-order valence-electron chi connectivity index (χ0n) is 16.0. The lowest BCUT2D eigenvalue weighted by atomic mass is 9.49. The molecule has 4 bridgehead atoms. The van der Waals surface area contributed by atoms with Crippen molar-refractivity contribution in [2.24, 2.45) is 23.2 Å². The van der Waals surface area contributed by atoms with Crippen molar-refractivity contribution in [2.75, 3.05) is 6.54 Å². The van der Waals surface area contributed by atoms with Crippen molar-refractivity contribution >= 4 is 12.0 Å². The van der Waals surface area contributed by atoms with E-state index in [1.807, 2.05) is 6.08 Å². The molecule has 0 aromatic heterocycles. The highest BCUT2D eigenvalue weighted by Gasteiger charge is 2.50. The zero-order chi connectivity index (χ0) is 18.4. The van der Waals surface area contributed by atoms with E-state index in [1.54, 1.807) is 5.48 Å². The second-order valence-electron chi connectivity index (χ2n) is 9.66. The molecule has 5 aliphatic rings. The highest BCUT2D eigenvalue weighted by atomic mass is 16.5. The van der Waals surface area contributed by atoms with Crippen molar-refractivity contribution in [2.45, 2.75) is 57.9 Å². The molecule has 0 spiro atoms. The standard InChI is InChI=1S/C23H30N2O2/c26-22(25-27)21-4-3-19-8-15(1-2-20(19)9-21)13-24-14-23-10-16-5-17(11-23)7-18(6-16)12-23/h1-2,8-9,16-18,24,27H,3-7,10-14H2,(H,25,26). The van der Waals surface area contributed by atoms with E-state index in [4.69, 9.17) is 5.21 Å². The molecule has 4 saturated carbocycles. The number of carbonyl (C=O) groups excluding carboxylic acids is 1. The molecule has 0 aliphatic heterocycles. The molecule has 0 saturated heterocycles. The molecule has 0 heterocycles. The molecule has 1 amide bonds. The molecule has 4 heteroatoms. The smallest absolute Gasteiger partial charge is 0.270 e.